The van der Waals surface area contributed by atoms with Crippen LogP contribution < -0.4 is 10.3 Å². The largest absolute Gasteiger partial charge is 0.491 e. The highest BCUT2D eigenvalue weighted by molar-refractivity contribution is 9.10. The van der Waals surface area contributed by atoms with Crippen LogP contribution in [0.15, 0.2) is 62.9 Å². The molecule has 0 aliphatic heterocycles. The van der Waals surface area contributed by atoms with Crippen molar-refractivity contribution >= 4 is 33.0 Å². The van der Waals surface area contributed by atoms with Crippen LogP contribution in [0.4, 0.5) is 0 Å². The van der Waals surface area contributed by atoms with E-state index in [-0.39, 0.29) is 17.6 Å². The third-order valence-electron chi connectivity index (χ3n) is 6.68. The van der Waals surface area contributed by atoms with Gasteiger partial charge in [0, 0.05) is 33.0 Å². The summed E-state index contributed by atoms with van der Waals surface area (Å²) in [6.45, 7) is 12.5. The normalized spacial score (nSPS) is 13.4. The van der Waals surface area contributed by atoms with Crippen LogP contribution in [0.3, 0.4) is 0 Å². The van der Waals surface area contributed by atoms with Gasteiger partial charge in [0.1, 0.15) is 11.6 Å². The van der Waals surface area contributed by atoms with Gasteiger partial charge in [-0.15, -0.1) is 0 Å². The van der Waals surface area contributed by atoms with Gasteiger partial charge in [-0.05, 0) is 82.1 Å². The monoisotopic (exact) mass is 548 g/mol. The molecule has 0 aliphatic carbocycles. The molecule has 2 aromatic heterocycles. The van der Waals surface area contributed by atoms with Crippen LogP contribution in [0.2, 0.25) is 0 Å². The summed E-state index contributed by atoms with van der Waals surface area (Å²) in [7, 11) is 0. The second-order valence-electron chi connectivity index (χ2n) is 9.29. The van der Waals surface area contributed by atoms with Crippen molar-refractivity contribution in [2.45, 2.75) is 66.4 Å². The molecule has 36 heavy (non-hydrogen) atoms. The topological polar surface area (TPSA) is 61.4 Å². The van der Waals surface area contributed by atoms with Gasteiger partial charge in [0.05, 0.1) is 23.2 Å². The Labute approximate surface area is 220 Å². The molecule has 0 unspecified atom stereocenters. The fourth-order valence-electron chi connectivity index (χ4n) is 4.20. The Morgan fingerprint density at radius 1 is 1.06 bits per heavy atom. The summed E-state index contributed by atoms with van der Waals surface area (Å²) in [5.41, 5.74) is 4.64. The van der Waals surface area contributed by atoms with Crippen molar-refractivity contribution in [2.24, 2.45) is 5.10 Å². The van der Waals surface area contributed by atoms with Gasteiger partial charge < -0.3 is 9.30 Å². The Balaban J connectivity index is 1.73. The number of nitrogens with zero attached hydrogens (tertiary/aromatic N) is 4. The third-order valence-corrected chi connectivity index (χ3v) is 7.17. The predicted octanol–water partition coefficient (Wildman–Crippen LogP) is 7.14. The lowest BCUT2D eigenvalue weighted by Gasteiger charge is -2.14. The van der Waals surface area contributed by atoms with E-state index in [2.05, 4.69) is 85.3 Å². The minimum absolute atomic E-state index is 0.0893. The van der Waals surface area contributed by atoms with Gasteiger partial charge in [-0.3, -0.25) is 4.79 Å². The molecule has 0 N–H and O–H groups in total. The van der Waals surface area contributed by atoms with Crippen LogP contribution in [-0.4, -0.2) is 26.5 Å². The lowest BCUT2D eigenvalue weighted by atomic mass is 10.1. The highest BCUT2D eigenvalue weighted by Crippen LogP contribution is 2.24. The Kier molecular flexibility index (Phi) is 7.79. The van der Waals surface area contributed by atoms with Crippen molar-refractivity contribution < 1.29 is 4.74 Å². The van der Waals surface area contributed by atoms with Crippen molar-refractivity contribution in [3.63, 3.8) is 0 Å². The summed E-state index contributed by atoms with van der Waals surface area (Å²) in [6, 6.07) is 15.8. The number of fused-ring (bicyclic) bond motifs is 1. The van der Waals surface area contributed by atoms with E-state index in [4.69, 9.17) is 9.72 Å². The second kappa shape index (κ2) is 10.8. The molecule has 0 amide bonds. The molecule has 0 aliphatic rings. The summed E-state index contributed by atoms with van der Waals surface area (Å²) < 4.78 is 10.4. The van der Waals surface area contributed by atoms with Crippen LogP contribution in [0.25, 0.3) is 16.6 Å². The average molecular weight is 550 g/mol. The smallest absolute Gasteiger partial charge is 0.282 e. The first-order valence-corrected chi connectivity index (χ1v) is 13.2. The van der Waals surface area contributed by atoms with E-state index < -0.39 is 0 Å². The number of halogens is 1. The van der Waals surface area contributed by atoms with Gasteiger partial charge in [-0.25, -0.2) is 4.98 Å². The maximum absolute atomic E-state index is 13.4. The van der Waals surface area contributed by atoms with Crippen LogP contribution in [0.1, 0.15) is 69.2 Å². The number of aromatic nitrogens is 3. The van der Waals surface area contributed by atoms with E-state index in [1.165, 1.54) is 4.68 Å². The van der Waals surface area contributed by atoms with Gasteiger partial charge in [-0.1, -0.05) is 36.7 Å². The SMILES string of the molecule is CC[C@@H](C)Oc1ccc(-n2c(C)cc(C=Nn3c([C@H](C)CC)nc4ccc(Br)cc4c3=O)c2C)cc1. The maximum atomic E-state index is 13.4. The lowest BCUT2D eigenvalue weighted by Crippen LogP contribution is -2.23. The molecule has 2 aromatic carbocycles. The molecule has 2 atom stereocenters. The molecule has 4 aromatic rings. The van der Waals surface area contributed by atoms with Crippen LogP contribution in [-0.2, 0) is 0 Å². The van der Waals surface area contributed by atoms with E-state index in [1.54, 1.807) is 12.3 Å². The maximum Gasteiger partial charge on any atom is 0.282 e. The zero-order chi connectivity index (χ0) is 26.0. The number of aryl methyl sites for hydroxylation is 1. The van der Waals surface area contributed by atoms with Crippen molar-refractivity contribution in [3.05, 3.63) is 86.1 Å². The molecule has 0 saturated heterocycles. The fourth-order valence-corrected chi connectivity index (χ4v) is 4.57. The van der Waals surface area contributed by atoms with E-state index in [9.17, 15) is 4.79 Å². The Bertz CT molecular complexity index is 1470. The van der Waals surface area contributed by atoms with Crippen molar-refractivity contribution in [1.29, 1.82) is 0 Å². The first kappa shape index (κ1) is 25.9. The second-order valence-corrected chi connectivity index (χ2v) is 10.2. The summed E-state index contributed by atoms with van der Waals surface area (Å²) in [4.78, 5) is 18.2. The molecule has 2 heterocycles. The standard InChI is InChI=1S/C29H33BrN4O2/c1-7-18(3)28-32-27-14-9-23(30)16-26(27)29(35)34(28)31-17-22-15-19(4)33(21(22)6)24-10-12-25(13-11-24)36-20(5)8-2/h9-18,20H,7-8H2,1-6H3/t18-,20-/m1/s1. The molecular weight excluding hydrogens is 516 g/mol. The number of benzene rings is 2. The highest BCUT2D eigenvalue weighted by Gasteiger charge is 2.16. The average Bonchev–Trinajstić information content (AvgIpc) is 3.16. The Hall–Kier alpha value is -3.19. The molecule has 188 valence electrons. The molecule has 0 spiro atoms. The van der Waals surface area contributed by atoms with Crippen LogP contribution in [0.5, 0.6) is 5.75 Å². The molecule has 0 radical (unpaired) electrons. The Morgan fingerprint density at radius 2 is 1.78 bits per heavy atom. The molecule has 0 saturated carbocycles. The van der Waals surface area contributed by atoms with E-state index in [0.29, 0.717) is 16.7 Å². The van der Waals surface area contributed by atoms with Crippen molar-refractivity contribution in [2.75, 3.05) is 0 Å². The summed E-state index contributed by atoms with van der Waals surface area (Å²) in [5.74, 6) is 1.62. The molecule has 7 heteroatoms. The minimum Gasteiger partial charge on any atom is -0.491 e. The number of hydrogen-bond acceptors (Lipinski definition) is 4. The van der Waals surface area contributed by atoms with Crippen LogP contribution >= 0.6 is 15.9 Å². The van der Waals surface area contributed by atoms with E-state index in [1.807, 2.05) is 24.3 Å². The first-order chi connectivity index (χ1) is 17.2. The van der Waals surface area contributed by atoms with Gasteiger partial charge in [0.25, 0.3) is 5.56 Å². The predicted molar refractivity (Wildman–Crippen MR) is 151 cm³/mol. The van der Waals surface area contributed by atoms with Gasteiger partial charge >= 0.3 is 0 Å². The van der Waals surface area contributed by atoms with E-state index in [0.717, 1.165) is 45.7 Å². The third kappa shape index (κ3) is 5.16. The zero-order valence-electron chi connectivity index (χ0n) is 21.7. The van der Waals surface area contributed by atoms with Gasteiger partial charge in [-0.2, -0.15) is 9.78 Å². The lowest BCUT2D eigenvalue weighted by molar-refractivity contribution is 0.217. The van der Waals surface area contributed by atoms with E-state index >= 15 is 0 Å². The Morgan fingerprint density at radius 3 is 2.44 bits per heavy atom. The highest BCUT2D eigenvalue weighted by atomic mass is 79.9. The number of rotatable bonds is 8. The first-order valence-electron chi connectivity index (χ1n) is 12.5. The summed E-state index contributed by atoms with van der Waals surface area (Å²) in [6.07, 6.45) is 3.77. The molecule has 0 fully saturated rings. The summed E-state index contributed by atoms with van der Waals surface area (Å²) in [5, 5.41) is 5.20. The quantitative estimate of drug-likeness (QED) is 0.220. The molecule has 6 nitrogen and oxygen atoms in total. The van der Waals surface area contributed by atoms with Crippen LogP contribution in [0, 0.1) is 13.8 Å². The molecule has 0 bridgehead atoms. The minimum atomic E-state index is -0.168. The van der Waals surface area contributed by atoms with Crippen molar-refractivity contribution in [1.82, 2.24) is 14.2 Å². The van der Waals surface area contributed by atoms with Crippen molar-refractivity contribution in [3.8, 4) is 11.4 Å². The molecular formula is C29H33BrN4O2. The number of hydrogen-bond donors (Lipinski definition) is 0. The number of ether oxygens (including phenoxy) is 1. The van der Waals surface area contributed by atoms with Gasteiger partial charge in [0.15, 0.2) is 0 Å². The zero-order valence-corrected chi connectivity index (χ0v) is 23.3. The summed E-state index contributed by atoms with van der Waals surface area (Å²) >= 11 is 3.46. The fraction of sp³-hybridized carbons (Fsp3) is 0.345. The van der Waals surface area contributed by atoms with Gasteiger partial charge in [0.2, 0.25) is 0 Å². The molecule has 4 rings (SSSR count).